The summed E-state index contributed by atoms with van der Waals surface area (Å²) in [6.07, 6.45) is 3.96. The van der Waals surface area contributed by atoms with Crippen molar-refractivity contribution in [3.8, 4) is 0 Å². The molecule has 0 aliphatic carbocycles. The van der Waals surface area contributed by atoms with Gasteiger partial charge in [-0.15, -0.1) is 0 Å². The maximum atomic E-state index is 12.3. The summed E-state index contributed by atoms with van der Waals surface area (Å²) in [7, 11) is 0. The number of nitrogens with one attached hydrogen (secondary N) is 1. The molecule has 1 N–H and O–H groups in total. The van der Waals surface area contributed by atoms with E-state index in [1.807, 2.05) is 25.1 Å². The number of fused-ring (bicyclic) bond motifs is 3. The van der Waals surface area contributed by atoms with E-state index in [4.69, 9.17) is 11.6 Å². The third kappa shape index (κ3) is 2.70. The Balaban J connectivity index is 1.67. The van der Waals surface area contributed by atoms with Gasteiger partial charge in [-0.25, -0.2) is 4.98 Å². The molecular weight excluding hydrogens is 310 g/mol. The van der Waals surface area contributed by atoms with Crippen LogP contribution in [0.2, 0.25) is 5.02 Å². The topological polar surface area (TPSA) is 49.0 Å². The maximum Gasteiger partial charge on any atom is 0.254 e. The van der Waals surface area contributed by atoms with E-state index in [2.05, 4.69) is 20.9 Å². The molecule has 2 aliphatic heterocycles. The first-order valence-electron chi connectivity index (χ1n) is 8.19. The number of aromatic amines is 1. The molecule has 2 aliphatic rings. The Morgan fingerprint density at radius 1 is 1.26 bits per heavy atom. The van der Waals surface area contributed by atoms with Crippen LogP contribution in [0.4, 0.5) is 0 Å². The summed E-state index contributed by atoms with van der Waals surface area (Å²) in [6, 6.07) is 8.89. The van der Waals surface area contributed by atoms with Crippen LogP contribution in [0.5, 0.6) is 0 Å². The van der Waals surface area contributed by atoms with E-state index in [0.29, 0.717) is 17.9 Å². The lowest BCUT2D eigenvalue weighted by Crippen LogP contribution is -2.36. The number of rotatable bonds is 2. The van der Waals surface area contributed by atoms with Gasteiger partial charge in [-0.1, -0.05) is 29.8 Å². The van der Waals surface area contributed by atoms with Crippen LogP contribution in [0.1, 0.15) is 35.5 Å². The molecule has 1 fully saturated rings. The molecule has 4 rings (SSSR count). The zero-order valence-electron chi connectivity index (χ0n) is 13.2. The van der Waals surface area contributed by atoms with E-state index in [-0.39, 0.29) is 5.56 Å². The van der Waals surface area contributed by atoms with Crippen LogP contribution in [-0.4, -0.2) is 27.0 Å². The molecular formula is C18H20ClN3O. The van der Waals surface area contributed by atoms with Gasteiger partial charge in [0, 0.05) is 35.6 Å². The highest BCUT2D eigenvalue weighted by atomic mass is 35.5. The molecule has 4 nitrogen and oxygen atoms in total. The molecule has 0 radical (unpaired) electrons. The van der Waals surface area contributed by atoms with E-state index >= 15 is 0 Å². The van der Waals surface area contributed by atoms with Gasteiger partial charge in [0.15, 0.2) is 0 Å². The van der Waals surface area contributed by atoms with Gasteiger partial charge in [0.25, 0.3) is 5.56 Å². The number of hydrogen-bond donors (Lipinski definition) is 1. The molecule has 2 unspecified atom stereocenters. The van der Waals surface area contributed by atoms with Crippen LogP contribution in [0.3, 0.4) is 0 Å². The molecule has 120 valence electrons. The summed E-state index contributed by atoms with van der Waals surface area (Å²) < 4.78 is 0. The van der Waals surface area contributed by atoms with Crippen LogP contribution in [0.15, 0.2) is 29.1 Å². The van der Waals surface area contributed by atoms with Gasteiger partial charge in [-0.2, -0.15) is 0 Å². The molecule has 1 saturated heterocycles. The largest absolute Gasteiger partial charge is 0.311 e. The van der Waals surface area contributed by atoms with Crippen molar-refractivity contribution in [1.82, 2.24) is 14.9 Å². The first-order valence-corrected chi connectivity index (χ1v) is 8.57. The number of H-pyrrole nitrogens is 1. The fourth-order valence-electron chi connectivity index (χ4n) is 4.04. The minimum atomic E-state index is 0.0396. The van der Waals surface area contributed by atoms with Gasteiger partial charge in [0.2, 0.25) is 0 Å². The van der Waals surface area contributed by atoms with Crippen molar-refractivity contribution in [2.75, 3.05) is 0 Å². The Kier molecular flexibility index (Phi) is 3.74. The van der Waals surface area contributed by atoms with Gasteiger partial charge in [-0.05, 0) is 37.8 Å². The number of aryl methyl sites for hydroxylation is 1. The van der Waals surface area contributed by atoms with Crippen molar-refractivity contribution in [2.24, 2.45) is 0 Å². The summed E-state index contributed by atoms with van der Waals surface area (Å²) in [5, 5.41) is 0.820. The highest BCUT2D eigenvalue weighted by Crippen LogP contribution is 2.34. The quantitative estimate of drug-likeness (QED) is 0.921. The average molecular weight is 330 g/mol. The normalized spacial score (nSPS) is 23.6. The molecule has 1 aromatic carbocycles. The zero-order chi connectivity index (χ0) is 16.0. The fourth-order valence-corrected chi connectivity index (χ4v) is 4.24. The minimum Gasteiger partial charge on any atom is -0.311 e. The van der Waals surface area contributed by atoms with Crippen molar-refractivity contribution < 1.29 is 0 Å². The van der Waals surface area contributed by atoms with E-state index in [1.165, 1.54) is 6.42 Å². The van der Waals surface area contributed by atoms with E-state index < -0.39 is 0 Å². The van der Waals surface area contributed by atoms with Gasteiger partial charge >= 0.3 is 0 Å². The van der Waals surface area contributed by atoms with Gasteiger partial charge in [0.1, 0.15) is 5.82 Å². The maximum absolute atomic E-state index is 12.3. The molecule has 2 aromatic rings. The average Bonchev–Trinajstić information content (AvgIpc) is 2.78. The number of nitrogens with zero attached hydrogens (tertiary/aromatic N) is 2. The monoisotopic (exact) mass is 329 g/mol. The molecule has 3 heterocycles. The van der Waals surface area contributed by atoms with Gasteiger partial charge in [0.05, 0.1) is 5.69 Å². The van der Waals surface area contributed by atoms with Gasteiger partial charge in [-0.3, -0.25) is 9.69 Å². The van der Waals surface area contributed by atoms with E-state index in [1.54, 1.807) is 0 Å². The SMILES string of the molecule is Cc1nc2c(c(=O)[nH]1)CC1CCC(C2)N1Cc1ccccc1Cl. The number of aromatic nitrogens is 2. The Morgan fingerprint density at radius 2 is 2.00 bits per heavy atom. The Bertz CT molecular complexity index is 801. The number of hydrogen-bond acceptors (Lipinski definition) is 3. The highest BCUT2D eigenvalue weighted by Gasteiger charge is 2.38. The molecule has 1 aromatic heterocycles. The predicted molar refractivity (Wildman–Crippen MR) is 90.8 cm³/mol. The lowest BCUT2D eigenvalue weighted by atomic mass is 9.98. The second kappa shape index (κ2) is 5.77. The van der Waals surface area contributed by atoms with Crippen LogP contribution < -0.4 is 5.56 Å². The highest BCUT2D eigenvalue weighted by molar-refractivity contribution is 6.31. The molecule has 2 bridgehead atoms. The van der Waals surface area contributed by atoms with Gasteiger partial charge < -0.3 is 4.98 Å². The summed E-state index contributed by atoms with van der Waals surface area (Å²) in [6.45, 7) is 2.70. The standard InChI is InChI=1S/C18H20ClN3O/c1-11-20-17-9-14-7-6-13(8-15(17)18(23)21-11)22(14)10-12-4-2-3-5-16(12)19/h2-5,13-14H,6-10H2,1H3,(H,20,21,23). The molecule has 2 atom stereocenters. The van der Waals surface area contributed by atoms with Crippen molar-refractivity contribution in [3.63, 3.8) is 0 Å². The lowest BCUT2D eigenvalue weighted by molar-refractivity contribution is 0.187. The number of benzene rings is 1. The summed E-state index contributed by atoms with van der Waals surface area (Å²) in [5.41, 5.74) is 3.07. The fraction of sp³-hybridized carbons (Fsp3) is 0.444. The third-order valence-electron chi connectivity index (χ3n) is 5.17. The first kappa shape index (κ1) is 14.9. The first-order chi connectivity index (χ1) is 11.1. The van der Waals surface area contributed by atoms with Crippen LogP contribution in [0, 0.1) is 6.92 Å². The molecule has 0 saturated carbocycles. The Morgan fingerprint density at radius 3 is 2.78 bits per heavy atom. The zero-order valence-corrected chi connectivity index (χ0v) is 13.9. The summed E-state index contributed by atoms with van der Waals surface area (Å²) in [4.78, 5) is 22.3. The summed E-state index contributed by atoms with van der Waals surface area (Å²) >= 11 is 6.34. The van der Waals surface area contributed by atoms with Crippen LogP contribution in [-0.2, 0) is 19.4 Å². The second-order valence-corrected chi connectivity index (χ2v) is 7.04. The van der Waals surface area contributed by atoms with Crippen molar-refractivity contribution in [2.45, 2.75) is 51.2 Å². The van der Waals surface area contributed by atoms with Crippen molar-refractivity contribution in [3.05, 3.63) is 62.3 Å². The molecule has 5 heteroatoms. The molecule has 0 amide bonds. The van der Waals surface area contributed by atoms with Crippen molar-refractivity contribution >= 4 is 11.6 Å². The van der Waals surface area contributed by atoms with Crippen molar-refractivity contribution in [1.29, 1.82) is 0 Å². The molecule has 0 spiro atoms. The number of halogens is 1. The Hall–Kier alpha value is -1.65. The smallest absolute Gasteiger partial charge is 0.254 e. The lowest BCUT2D eigenvalue weighted by Gasteiger charge is -2.28. The Labute approximate surface area is 140 Å². The van der Waals surface area contributed by atoms with E-state index in [9.17, 15) is 4.79 Å². The van der Waals surface area contributed by atoms with E-state index in [0.717, 1.165) is 47.7 Å². The predicted octanol–water partition coefficient (Wildman–Crippen LogP) is 2.86. The van der Waals surface area contributed by atoms with Crippen LogP contribution in [0.25, 0.3) is 0 Å². The van der Waals surface area contributed by atoms with Crippen LogP contribution >= 0.6 is 11.6 Å². The second-order valence-electron chi connectivity index (χ2n) is 6.63. The molecule has 23 heavy (non-hydrogen) atoms. The third-order valence-corrected chi connectivity index (χ3v) is 5.54. The summed E-state index contributed by atoms with van der Waals surface area (Å²) in [5.74, 6) is 0.712. The minimum absolute atomic E-state index is 0.0396.